The molecule has 1 fully saturated rings. The van der Waals surface area contributed by atoms with Gasteiger partial charge >= 0.3 is 0 Å². The summed E-state index contributed by atoms with van der Waals surface area (Å²) in [5.41, 5.74) is -0.814. The standard InChI is InChI=1S/C9H16N2O4S/c1-9(2)8(13)11(7(12)6-10-9)4-5-16(3,14)15/h10H,4-6H2,1-3H3. The van der Waals surface area contributed by atoms with Crippen molar-refractivity contribution in [3.8, 4) is 0 Å². The largest absolute Gasteiger partial charge is 0.295 e. The van der Waals surface area contributed by atoms with Crippen LogP contribution in [0, 0.1) is 0 Å². The van der Waals surface area contributed by atoms with E-state index in [4.69, 9.17) is 0 Å². The minimum Gasteiger partial charge on any atom is -0.295 e. The summed E-state index contributed by atoms with van der Waals surface area (Å²) in [5, 5.41) is 2.79. The molecule has 2 amide bonds. The highest BCUT2D eigenvalue weighted by molar-refractivity contribution is 7.90. The van der Waals surface area contributed by atoms with E-state index in [2.05, 4.69) is 5.32 Å². The summed E-state index contributed by atoms with van der Waals surface area (Å²) in [6, 6.07) is 0. The van der Waals surface area contributed by atoms with E-state index in [1.807, 2.05) is 0 Å². The van der Waals surface area contributed by atoms with Crippen LogP contribution in [0.2, 0.25) is 0 Å². The predicted octanol–water partition coefficient (Wildman–Crippen LogP) is -1.23. The summed E-state index contributed by atoms with van der Waals surface area (Å²) in [4.78, 5) is 24.3. The molecule has 0 aromatic heterocycles. The van der Waals surface area contributed by atoms with Crippen LogP contribution in [-0.2, 0) is 19.4 Å². The SMILES string of the molecule is CC1(C)NCC(=O)N(CCS(C)(=O)=O)C1=O. The van der Waals surface area contributed by atoms with Gasteiger partial charge in [-0.15, -0.1) is 0 Å². The van der Waals surface area contributed by atoms with Crippen LogP contribution in [-0.4, -0.2) is 55.8 Å². The Balaban J connectivity index is 2.77. The molecule has 0 atom stereocenters. The third kappa shape index (κ3) is 3.02. The maximum atomic E-state index is 11.8. The Bertz CT molecular complexity index is 413. The van der Waals surface area contributed by atoms with Crippen LogP contribution in [0.25, 0.3) is 0 Å². The van der Waals surface area contributed by atoms with E-state index in [0.29, 0.717) is 0 Å². The third-order valence-electron chi connectivity index (χ3n) is 2.45. The lowest BCUT2D eigenvalue weighted by atomic mass is 10.0. The maximum absolute atomic E-state index is 11.8. The zero-order chi connectivity index (χ0) is 12.6. The smallest absolute Gasteiger partial charge is 0.248 e. The van der Waals surface area contributed by atoms with Crippen LogP contribution >= 0.6 is 0 Å². The average Bonchev–Trinajstić information content (AvgIpc) is 2.11. The summed E-state index contributed by atoms with van der Waals surface area (Å²) in [6.07, 6.45) is 1.08. The van der Waals surface area contributed by atoms with Crippen LogP contribution in [0.1, 0.15) is 13.8 Å². The summed E-state index contributed by atoms with van der Waals surface area (Å²) in [5.74, 6) is -0.957. The van der Waals surface area contributed by atoms with Crippen molar-refractivity contribution in [2.45, 2.75) is 19.4 Å². The molecule has 0 spiro atoms. The minimum absolute atomic E-state index is 0.0580. The highest BCUT2D eigenvalue weighted by atomic mass is 32.2. The highest BCUT2D eigenvalue weighted by Crippen LogP contribution is 2.13. The molecular weight excluding hydrogens is 232 g/mol. The lowest BCUT2D eigenvalue weighted by Gasteiger charge is -2.36. The Labute approximate surface area is 94.9 Å². The van der Waals surface area contributed by atoms with Crippen molar-refractivity contribution in [2.24, 2.45) is 0 Å². The van der Waals surface area contributed by atoms with E-state index in [9.17, 15) is 18.0 Å². The molecule has 7 heteroatoms. The number of carbonyl (C=O) groups is 2. The van der Waals surface area contributed by atoms with Gasteiger partial charge in [0.15, 0.2) is 0 Å². The van der Waals surface area contributed by atoms with Crippen LogP contribution in [0.5, 0.6) is 0 Å². The van der Waals surface area contributed by atoms with Gasteiger partial charge in [0.05, 0.1) is 17.8 Å². The third-order valence-corrected chi connectivity index (χ3v) is 3.37. The molecule has 16 heavy (non-hydrogen) atoms. The van der Waals surface area contributed by atoms with Gasteiger partial charge in [0.25, 0.3) is 0 Å². The minimum atomic E-state index is -3.17. The van der Waals surface area contributed by atoms with Gasteiger partial charge in [-0.3, -0.25) is 19.8 Å². The van der Waals surface area contributed by atoms with Crippen LogP contribution in [0.15, 0.2) is 0 Å². The van der Waals surface area contributed by atoms with Crippen molar-refractivity contribution in [1.82, 2.24) is 10.2 Å². The second kappa shape index (κ2) is 4.14. The Hall–Kier alpha value is -0.950. The van der Waals surface area contributed by atoms with Crippen LogP contribution < -0.4 is 5.32 Å². The molecule has 1 aliphatic heterocycles. The number of amides is 2. The molecule has 0 aliphatic carbocycles. The van der Waals surface area contributed by atoms with Gasteiger partial charge in [0, 0.05) is 12.8 Å². The molecule has 6 nitrogen and oxygen atoms in total. The molecule has 1 N–H and O–H groups in total. The average molecular weight is 248 g/mol. The lowest BCUT2D eigenvalue weighted by molar-refractivity contribution is -0.152. The normalized spacial score (nSPS) is 21.3. The Morgan fingerprint density at radius 1 is 1.38 bits per heavy atom. The molecule has 0 aromatic carbocycles. The zero-order valence-electron chi connectivity index (χ0n) is 9.61. The van der Waals surface area contributed by atoms with Gasteiger partial charge in [-0.1, -0.05) is 0 Å². The molecule has 0 radical (unpaired) electrons. The number of hydrogen-bond donors (Lipinski definition) is 1. The van der Waals surface area contributed by atoms with Gasteiger partial charge in [-0.05, 0) is 13.8 Å². The van der Waals surface area contributed by atoms with Crippen molar-refractivity contribution in [3.05, 3.63) is 0 Å². The zero-order valence-corrected chi connectivity index (χ0v) is 10.4. The fraction of sp³-hybridized carbons (Fsp3) is 0.778. The van der Waals surface area contributed by atoms with Gasteiger partial charge in [0.1, 0.15) is 9.84 Å². The molecule has 0 saturated carbocycles. The second-order valence-corrected chi connectivity index (χ2v) is 6.72. The number of nitrogens with zero attached hydrogens (tertiary/aromatic N) is 1. The number of hydrogen-bond acceptors (Lipinski definition) is 5. The van der Waals surface area contributed by atoms with Crippen LogP contribution in [0.3, 0.4) is 0 Å². The van der Waals surface area contributed by atoms with Crippen molar-refractivity contribution in [1.29, 1.82) is 0 Å². The Kier molecular flexibility index (Phi) is 3.39. The van der Waals surface area contributed by atoms with Crippen LogP contribution in [0.4, 0.5) is 0 Å². The fourth-order valence-corrected chi connectivity index (χ4v) is 1.92. The summed E-state index contributed by atoms with van der Waals surface area (Å²) < 4.78 is 22.0. The number of sulfone groups is 1. The van der Waals surface area contributed by atoms with Gasteiger partial charge in [-0.25, -0.2) is 8.42 Å². The van der Waals surface area contributed by atoms with Crippen molar-refractivity contribution >= 4 is 21.7 Å². The quantitative estimate of drug-likeness (QED) is 0.632. The molecular formula is C9H16N2O4S. The second-order valence-electron chi connectivity index (χ2n) is 4.46. The van der Waals surface area contributed by atoms with Gasteiger partial charge in [0.2, 0.25) is 11.8 Å². The molecule has 0 unspecified atom stereocenters. The van der Waals surface area contributed by atoms with E-state index in [0.717, 1.165) is 11.2 Å². The summed E-state index contributed by atoms with van der Waals surface area (Å²) >= 11 is 0. The van der Waals surface area contributed by atoms with Crippen molar-refractivity contribution in [3.63, 3.8) is 0 Å². The predicted molar refractivity (Wildman–Crippen MR) is 58.5 cm³/mol. The fourth-order valence-electron chi connectivity index (χ4n) is 1.40. The number of rotatable bonds is 3. The summed E-state index contributed by atoms with van der Waals surface area (Å²) in [7, 11) is -3.17. The molecule has 0 aromatic rings. The first-order chi connectivity index (χ1) is 7.13. The Morgan fingerprint density at radius 2 is 1.94 bits per heavy atom. The first kappa shape index (κ1) is 13.1. The van der Waals surface area contributed by atoms with E-state index in [1.54, 1.807) is 13.8 Å². The molecule has 1 heterocycles. The highest BCUT2D eigenvalue weighted by Gasteiger charge is 2.39. The molecule has 1 aliphatic rings. The Morgan fingerprint density at radius 3 is 2.44 bits per heavy atom. The monoisotopic (exact) mass is 248 g/mol. The maximum Gasteiger partial charge on any atom is 0.248 e. The lowest BCUT2D eigenvalue weighted by Crippen LogP contribution is -2.64. The van der Waals surface area contributed by atoms with E-state index >= 15 is 0 Å². The number of nitrogens with one attached hydrogen (secondary N) is 1. The molecule has 1 rings (SSSR count). The van der Waals surface area contributed by atoms with Gasteiger partial charge in [-0.2, -0.15) is 0 Å². The van der Waals surface area contributed by atoms with Crippen molar-refractivity contribution < 1.29 is 18.0 Å². The number of carbonyl (C=O) groups excluding carboxylic acids is 2. The van der Waals surface area contributed by atoms with E-state index in [1.165, 1.54) is 0 Å². The van der Waals surface area contributed by atoms with Gasteiger partial charge < -0.3 is 0 Å². The number of piperazine rings is 1. The number of imide groups is 1. The topological polar surface area (TPSA) is 83.6 Å². The van der Waals surface area contributed by atoms with Crippen molar-refractivity contribution in [2.75, 3.05) is 25.1 Å². The molecule has 0 bridgehead atoms. The first-order valence-corrected chi connectivity index (χ1v) is 6.97. The van der Waals surface area contributed by atoms with E-state index < -0.39 is 15.4 Å². The first-order valence-electron chi connectivity index (χ1n) is 4.91. The summed E-state index contributed by atoms with van der Waals surface area (Å²) in [6.45, 7) is 3.31. The van der Waals surface area contributed by atoms with E-state index in [-0.39, 0.29) is 30.7 Å². The molecule has 1 saturated heterocycles. The molecule has 92 valence electrons.